The number of aliphatic imine (C=N–C) groups is 1. The average molecular weight is 259 g/mol. The molecule has 1 aromatic rings. The van der Waals surface area contributed by atoms with Gasteiger partial charge in [-0.25, -0.2) is 4.99 Å². The Labute approximate surface area is 114 Å². The number of rotatable bonds is 3. The molecule has 2 rings (SSSR count). The number of hydrogen-bond donors (Lipinski definition) is 2. The number of amides is 1. The van der Waals surface area contributed by atoms with Crippen molar-refractivity contribution in [2.24, 2.45) is 16.6 Å². The molecule has 1 aliphatic rings. The number of nitrogens with one attached hydrogen (secondary N) is 1. The highest BCUT2D eigenvalue weighted by molar-refractivity contribution is 5.90. The number of amidine groups is 1. The lowest BCUT2D eigenvalue weighted by Crippen LogP contribution is -2.25. The fraction of sp³-hybridized carbons (Fsp3) is 0.467. The van der Waals surface area contributed by atoms with Crippen molar-refractivity contribution >= 4 is 23.1 Å². The molecule has 0 radical (unpaired) electrons. The quantitative estimate of drug-likeness (QED) is 0.646. The zero-order chi connectivity index (χ0) is 13.7. The highest BCUT2D eigenvalue weighted by Crippen LogP contribution is 2.25. The van der Waals surface area contributed by atoms with Crippen molar-refractivity contribution in [3.8, 4) is 0 Å². The molecule has 0 heterocycles. The highest BCUT2D eigenvalue weighted by Gasteiger charge is 2.16. The first kappa shape index (κ1) is 13.6. The first-order valence-corrected chi connectivity index (χ1v) is 6.87. The van der Waals surface area contributed by atoms with Crippen LogP contribution in [-0.4, -0.2) is 11.7 Å². The van der Waals surface area contributed by atoms with Gasteiger partial charge in [-0.15, -0.1) is 0 Å². The Morgan fingerprint density at radius 1 is 1.32 bits per heavy atom. The van der Waals surface area contributed by atoms with Crippen LogP contribution in [0.3, 0.4) is 0 Å². The minimum atomic E-state index is -0.0821. The van der Waals surface area contributed by atoms with Crippen molar-refractivity contribution in [2.45, 2.75) is 39.0 Å². The summed E-state index contributed by atoms with van der Waals surface area (Å²) in [7, 11) is 0. The Balaban J connectivity index is 2.10. The molecular formula is C15H21N3O. The molecule has 1 amide bonds. The predicted molar refractivity (Wildman–Crippen MR) is 78.6 cm³/mol. The number of carbonyl (C=O) groups excluding carboxylic acids is 1. The molecular weight excluding hydrogens is 238 g/mol. The Bertz CT molecular complexity index is 476. The van der Waals surface area contributed by atoms with Gasteiger partial charge in [-0.05, 0) is 31.0 Å². The average Bonchev–Trinajstić information content (AvgIpc) is 2.39. The molecule has 1 fully saturated rings. The van der Waals surface area contributed by atoms with Crippen molar-refractivity contribution in [3.63, 3.8) is 0 Å². The lowest BCUT2D eigenvalue weighted by atomic mass is 9.88. The molecule has 0 atom stereocenters. The molecule has 0 unspecified atom stereocenters. The summed E-state index contributed by atoms with van der Waals surface area (Å²) in [6.45, 7) is 1.49. The van der Waals surface area contributed by atoms with Crippen LogP contribution in [0, 0.1) is 5.92 Å². The molecule has 1 aromatic carbocycles. The van der Waals surface area contributed by atoms with E-state index in [2.05, 4.69) is 10.3 Å². The van der Waals surface area contributed by atoms with Gasteiger partial charge < -0.3 is 11.1 Å². The van der Waals surface area contributed by atoms with E-state index >= 15 is 0 Å². The third kappa shape index (κ3) is 4.09. The van der Waals surface area contributed by atoms with Crippen LogP contribution in [0.15, 0.2) is 29.3 Å². The second kappa shape index (κ2) is 6.36. The van der Waals surface area contributed by atoms with Crippen LogP contribution >= 0.6 is 0 Å². The first-order chi connectivity index (χ1) is 9.15. The highest BCUT2D eigenvalue weighted by atomic mass is 16.1. The maximum Gasteiger partial charge on any atom is 0.221 e. The lowest BCUT2D eigenvalue weighted by molar-refractivity contribution is -0.114. The van der Waals surface area contributed by atoms with E-state index in [1.54, 1.807) is 0 Å². The van der Waals surface area contributed by atoms with Gasteiger partial charge in [-0.1, -0.05) is 25.3 Å². The van der Waals surface area contributed by atoms with Crippen LogP contribution in [0.25, 0.3) is 0 Å². The molecule has 1 saturated carbocycles. The molecule has 0 aromatic heterocycles. The van der Waals surface area contributed by atoms with Gasteiger partial charge in [0, 0.05) is 18.5 Å². The number of nitrogens with zero attached hydrogens (tertiary/aromatic N) is 1. The SMILES string of the molecule is CC(=O)Nc1cccc(N=C(N)C2CCCCC2)c1. The summed E-state index contributed by atoms with van der Waals surface area (Å²) in [5.41, 5.74) is 7.65. The fourth-order valence-corrected chi connectivity index (χ4v) is 2.50. The van der Waals surface area contributed by atoms with Crippen molar-refractivity contribution in [2.75, 3.05) is 5.32 Å². The van der Waals surface area contributed by atoms with Crippen molar-refractivity contribution in [3.05, 3.63) is 24.3 Å². The minimum Gasteiger partial charge on any atom is -0.387 e. The summed E-state index contributed by atoms with van der Waals surface area (Å²) in [5, 5.41) is 2.75. The van der Waals surface area contributed by atoms with E-state index < -0.39 is 0 Å². The van der Waals surface area contributed by atoms with Crippen LogP contribution < -0.4 is 11.1 Å². The summed E-state index contributed by atoms with van der Waals surface area (Å²) in [6, 6.07) is 7.47. The molecule has 4 nitrogen and oxygen atoms in total. The minimum absolute atomic E-state index is 0.0821. The number of nitrogens with two attached hydrogens (primary N) is 1. The van der Waals surface area contributed by atoms with Crippen LogP contribution in [0.5, 0.6) is 0 Å². The first-order valence-electron chi connectivity index (χ1n) is 6.87. The molecule has 102 valence electrons. The number of carbonyl (C=O) groups is 1. The number of hydrogen-bond acceptors (Lipinski definition) is 2. The zero-order valence-electron chi connectivity index (χ0n) is 11.4. The van der Waals surface area contributed by atoms with Gasteiger partial charge in [-0.2, -0.15) is 0 Å². The summed E-state index contributed by atoms with van der Waals surface area (Å²) in [6.07, 6.45) is 6.07. The second-order valence-electron chi connectivity index (χ2n) is 5.10. The largest absolute Gasteiger partial charge is 0.387 e. The summed E-state index contributed by atoms with van der Waals surface area (Å²) in [5.74, 6) is 1.05. The Kier molecular flexibility index (Phi) is 4.55. The summed E-state index contributed by atoms with van der Waals surface area (Å²) < 4.78 is 0. The monoisotopic (exact) mass is 259 g/mol. The second-order valence-corrected chi connectivity index (χ2v) is 5.10. The van der Waals surface area contributed by atoms with Gasteiger partial charge in [-0.3, -0.25) is 4.79 Å². The third-order valence-electron chi connectivity index (χ3n) is 3.45. The maximum atomic E-state index is 11.0. The Morgan fingerprint density at radius 2 is 2.05 bits per heavy atom. The van der Waals surface area contributed by atoms with Crippen LogP contribution in [0.1, 0.15) is 39.0 Å². The van der Waals surface area contributed by atoms with E-state index in [1.165, 1.54) is 26.2 Å². The van der Waals surface area contributed by atoms with Crippen LogP contribution in [0.4, 0.5) is 11.4 Å². The molecule has 0 bridgehead atoms. The smallest absolute Gasteiger partial charge is 0.221 e. The molecule has 19 heavy (non-hydrogen) atoms. The zero-order valence-corrected chi connectivity index (χ0v) is 11.4. The van der Waals surface area contributed by atoms with Crippen molar-refractivity contribution in [1.29, 1.82) is 0 Å². The standard InChI is InChI=1S/C15H21N3O/c1-11(19)17-13-8-5-9-14(10-13)18-15(16)12-6-3-2-4-7-12/h5,8-10,12H,2-4,6-7H2,1H3,(H2,16,18)(H,17,19). The van der Waals surface area contributed by atoms with Gasteiger partial charge >= 0.3 is 0 Å². The fourth-order valence-electron chi connectivity index (χ4n) is 2.50. The molecule has 4 heteroatoms. The van der Waals surface area contributed by atoms with Crippen molar-refractivity contribution < 1.29 is 4.79 Å². The van der Waals surface area contributed by atoms with Gasteiger partial charge in [0.05, 0.1) is 5.69 Å². The van der Waals surface area contributed by atoms with E-state index in [-0.39, 0.29) is 5.91 Å². The topological polar surface area (TPSA) is 67.5 Å². The summed E-state index contributed by atoms with van der Waals surface area (Å²) in [4.78, 5) is 15.5. The van der Waals surface area contributed by atoms with E-state index in [0.29, 0.717) is 5.92 Å². The molecule has 3 N–H and O–H groups in total. The molecule has 0 spiro atoms. The number of anilines is 1. The van der Waals surface area contributed by atoms with Crippen molar-refractivity contribution in [1.82, 2.24) is 0 Å². The van der Waals surface area contributed by atoms with E-state index in [1.807, 2.05) is 24.3 Å². The maximum absolute atomic E-state index is 11.0. The predicted octanol–water partition coefficient (Wildman–Crippen LogP) is 3.21. The van der Waals surface area contributed by atoms with Gasteiger partial charge in [0.1, 0.15) is 5.84 Å². The van der Waals surface area contributed by atoms with Gasteiger partial charge in [0.2, 0.25) is 5.91 Å². The lowest BCUT2D eigenvalue weighted by Gasteiger charge is -2.20. The normalized spacial score (nSPS) is 17.2. The Hall–Kier alpha value is -1.84. The van der Waals surface area contributed by atoms with Gasteiger partial charge in [0.15, 0.2) is 0 Å². The number of benzene rings is 1. The molecule has 1 aliphatic carbocycles. The Morgan fingerprint density at radius 3 is 2.74 bits per heavy atom. The van der Waals surface area contributed by atoms with E-state index in [9.17, 15) is 4.79 Å². The van der Waals surface area contributed by atoms with Crippen LogP contribution in [-0.2, 0) is 4.79 Å². The van der Waals surface area contributed by atoms with E-state index in [0.717, 1.165) is 30.1 Å². The van der Waals surface area contributed by atoms with Gasteiger partial charge in [0.25, 0.3) is 0 Å². The van der Waals surface area contributed by atoms with E-state index in [4.69, 9.17) is 5.73 Å². The van der Waals surface area contributed by atoms with Crippen LogP contribution in [0.2, 0.25) is 0 Å². The molecule has 0 saturated heterocycles. The third-order valence-corrected chi connectivity index (χ3v) is 3.45. The summed E-state index contributed by atoms with van der Waals surface area (Å²) >= 11 is 0. The molecule has 0 aliphatic heterocycles.